The van der Waals surface area contributed by atoms with Gasteiger partial charge in [-0.05, 0) is 41.8 Å². The highest BCUT2D eigenvalue weighted by Gasteiger charge is 2.92. The lowest BCUT2D eigenvalue weighted by Gasteiger charge is -2.53. The van der Waals surface area contributed by atoms with Crippen molar-refractivity contribution in [3.8, 4) is 11.5 Å². The van der Waals surface area contributed by atoms with Crippen LogP contribution in [-0.2, 0) is 24.7 Å². The zero-order chi connectivity index (χ0) is 23.8. The minimum Gasteiger partial charge on any atom is -0.493 e. The molecule has 7 nitrogen and oxygen atoms in total. The van der Waals surface area contributed by atoms with Crippen LogP contribution in [0.25, 0.3) is 0 Å². The van der Waals surface area contributed by atoms with E-state index in [1.807, 2.05) is 47.4 Å². The van der Waals surface area contributed by atoms with Crippen LogP contribution in [0.1, 0.15) is 29.2 Å². The van der Waals surface area contributed by atoms with Gasteiger partial charge in [0.15, 0.2) is 11.5 Å². The van der Waals surface area contributed by atoms with Crippen molar-refractivity contribution in [1.82, 2.24) is 4.90 Å². The van der Waals surface area contributed by atoms with Gasteiger partial charge in [0.1, 0.15) is 11.2 Å². The van der Waals surface area contributed by atoms with Crippen LogP contribution in [0.3, 0.4) is 0 Å². The summed E-state index contributed by atoms with van der Waals surface area (Å²) >= 11 is 1.68. The third-order valence-electron chi connectivity index (χ3n) is 8.20. The maximum atomic E-state index is 13.7. The van der Waals surface area contributed by atoms with E-state index in [-0.39, 0.29) is 16.9 Å². The number of esters is 1. The molecule has 5 atom stereocenters. The van der Waals surface area contributed by atoms with Gasteiger partial charge in [-0.25, -0.2) is 0 Å². The molecule has 0 N–H and O–H groups in total. The molecule has 2 heterocycles. The van der Waals surface area contributed by atoms with Crippen LogP contribution < -0.4 is 9.47 Å². The molecule has 0 bridgehead atoms. The van der Waals surface area contributed by atoms with Gasteiger partial charge in [0.05, 0.1) is 44.0 Å². The van der Waals surface area contributed by atoms with E-state index < -0.39 is 28.8 Å². The van der Waals surface area contributed by atoms with Gasteiger partial charge in [0.2, 0.25) is 5.91 Å². The number of ketones is 1. The van der Waals surface area contributed by atoms with Gasteiger partial charge in [-0.15, -0.1) is 11.8 Å². The first-order valence-electron chi connectivity index (χ1n) is 11.4. The number of hydrogen-bond acceptors (Lipinski definition) is 7. The zero-order valence-corrected chi connectivity index (χ0v) is 20.0. The number of amides is 1. The Morgan fingerprint density at radius 3 is 2.41 bits per heavy atom. The molecule has 0 aromatic heterocycles. The molecule has 2 aliphatic carbocycles. The number of piperidine rings is 1. The van der Waals surface area contributed by atoms with Gasteiger partial charge >= 0.3 is 5.97 Å². The lowest BCUT2D eigenvalue weighted by atomic mass is 9.64. The molecule has 1 spiro atoms. The highest BCUT2D eigenvalue weighted by Crippen LogP contribution is 2.80. The minimum atomic E-state index is -1.18. The van der Waals surface area contributed by atoms with Crippen LogP contribution in [0.15, 0.2) is 47.4 Å². The Balaban J connectivity index is 1.60. The highest BCUT2D eigenvalue weighted by molar-refractivity contribution is 7.99. The standard InChI is InChI=1S/C26H25NO6S/c1-31-18-11-15-16(12-19(18)32-2)25-10-9-17(28)21-22(26(21,25)24(30)33-3)23(29)27(25)13-20(15)34-14-7-5-4-6-8-14/h4-8,11-12,20-22H,9-10,13H2,1-3H3/t20-,21?,22?,25-,26+/m1/s1. The fourth-order valence-corrected chi connectivity index (χ4v) is 8.14. The van der Waals surface area contributed by atoms with E-state index in [1.54, 1.807) is 26.0 Å². The summed E-state index contributed by atoms with van der Waals surface area (Å²) in [5, 5.41) is -0.0740. The van der Waals surface area contributed by atoms with Crippen LogP contribution >= 0.6 is 11.8 Å². The van der Waals surface area contributed by atoms with Crippen LogP contribution in [-0.4, -0.2) is 50.4 Å². The van der Waals surface area contributed by atoms with E-state index in [2.05, 4.69) is 0 Å². The predicted molar refractivity (Wildman–Crippen MR) is 124 cm³/mol. The monoisotopic (exact) mass is 479 g/mol. The largest absolute Gasteiger partial charge is 0.493 e. The van der Waals surface area contributed by atoms with Gasteiger partial charge in [-0.2, -0.15) is 0 Å². The summed E-state index contributed by atoms with van der Waals surface area (Å²) in [4.78, 5) is 43.0. The van der Waals surface area contributed by atoms with Gasteiger partial charge in [0, 0.05) is 17.9 Å². The summed E-state index contributed by atoms with van der Waals surface area (Å²) in [6.07, 6.45) is 0.721. The first kappa shape index (κ1) is 21.5. The lowest BCUT2D eigenvalue weighted by Crippen LogP contribution is -2.60. The second-order valence-electron chi connectivity index (χ2n) is 9.31. The number of thioether (sulfide) groups is 1. The number of Topliss-reactive ketones (excluding diaryl/α,β-unsaturated/α-hetero) is 1. The summed E-state index contributed by atoms with van der Waals surface area (Å²) in [5.74, 6) is -0.753. The molecule has 34 heavy (non-hydrogen) atoms. The highest BCUT2D eigenvalue weighted by atomic mass is 32.2. The van der Waals surface area contributed by atoms with Crippen molar-refractivity contribution < 1.29 is 28.6 Å². The smallest absolute Gasteiger partial charge is 0.316 e. The minimum absolute atomic E-state index is 0.0168. The Kier molecular flexibility index (Phi) is 4.59. The summed E-state index contributed by atoms with van der Waals surface area (Å²) in [5.41, 5.74) is -0.242. The van der Waals surface area contributed by atoms with Crippen molar-refractivity contribution >= 4 is 29.4 Å². The number of nitrogens with zero attached hydrogens (tertiary/aromatic N) is 1. The molecule has 2 aromatic carbocycles. The molecule has 6 rings (SSSR count). The summed E-state index contributed by atoms with van der Waals surface area (Å²) in [6, 6.07) is 13.9. The lowest BCUT2D eigenvalue weighted by molar-refractivity contribution is -0.161. The molecule has 2 unspecified atom stereocenters. The zero-order valence-electron chi connectivity index (χ0n) is 19.2. The molecule has 1 amide bonds. The first-order valence-corrected chi connectivity index (χ1v) is 12.2. The molecule has 2 aliphatic heterocycles. The van der Waals surface area contributed by atoms with Crippen molar-refractivity contribution in [3.05, 3.63) is 53.6 Å². The number of rotatable bonds is 5. The number of fused-ring (bicyclic) bond motifs is 2. The third kappa shape index (κ3) is 2.37. The summed E-state index contributed by atoms with van der Waals surface area (Å²) < 4.78 is 16.5. The normalized spacial score (nSPS) is 32.4. The van der Waals surface area contributed by atoms with Gasteiger partial charge < -0.3 is 19.1 Å². The molecular weight excluding hydrogens is 454 g/mol. The van der Waals surface area contributed by atoms with E-state index in [0.717, 1.165) is 16.0 Å². The third-order valence-corrected chi connectivity index (χ3v) is 9.44. The first-order chi connectivity index (χ1) is 16.4. The summed E-state index contributed by atoms with van der Waals surface area (Å²) in [7, 11) is 4.50. The van der Waals surface area contributed by atoms with Gasteiger partial charge in [-0.3, -0.25) is 14.4 Å². The maximum Gasteiger partial charge on any atom is 0.316 e. The molecule has 3 fully saturated rings. The number of hydrogen-bond donors (Lipinski definition) is 0. The van der Waals surface area contributed by atoms with Crippen molar-refractivity contribution in [2.75, 3.05) is 27.9 Å². The number of carbonyl (C=O) groups excluding carboxylic acids is 3. The van der Waals surface area contributed by atoms with E-state index >= 15 is 0 Å². The quantitative estimate of drug-likeness (QED) is 0.608. The number of methoxy groups -OCH3 is 3. The molecule has 8 heteroatoms. The van der Waals surface area contributed by atoms with Crippen LogP contribution in [0.5, 0.6) is 11.5 Å². The molecule has 2 aromatic rings. The topological polar surface area (TPSA) is 82.1 Å². The molecule has 2 saturated carbocycles. The van der Waals surface area contributed by atoms with Gasteiger partial charge in [0.25, 0.3) is 0 Å². The van der Waals surface area contributed by atoms with Crippen LogP contribution in [0.4, 0.5) is 0 Å². The molecule has 1 saturated heterocycles. The molecular formula is C26H25NO6S. The van der Waals surface area contributed by atoms with Crippen molar-refractivity contribution in [3.63, 3.8) is 0 Å². The number of ether oxygens (including phenoxy) is 3. The number of benzene rings is 2. The second kappa shape index (κ2) is 7.25. The molecule has 176 valence electrons. The molecule has 4 aliphatic rings. The average Bonchev–Trinajstić information content (AvgIpc) is 3.53. The van der Waals surface area contributed by atoms with Crippen molar-refractivity contribution in [2.24, 2.45) is 17.3 Å². The van der Waals surface area contributed by atoms with E-state index in [4.69, 9.17) is 14.2 Å². The SMILES string of the molecule is COC(=O)[C@@]12C3C(=O)CC[C@@]14c1cc(OC)c(OC)cc1[C@H](Sc1ccccc1)CN4C(=O)C32. The Labute approximate surface area is 201 Å². The maximum absolute atomic E-state index is 13.7. The fourth-order valence-electron chi connectivity index (χ4n) is 6.95. The van der Waals surface area contributed by atoms with E-state index in [9.17, 15) is 14.4 Å². The fraction of sp³-hybridized carbons (Fsp3) is 0.423. The molecule has 0 radical (unpaired) electrons. The number of carbonyl (C=O) groups is 3. The second-order valence-corrected chi connectivity index (χ2v) is 10.6. The summed E-state index contributed by atoms with van der Waals surface area (Å²) in [6.45, 7) is 0.442. The predicted octanol–water partition coefficient (Wildman–Crippen LogP) is 3.36. The van der Waals surface area contributed by atoms with E-state index in [1.165, 1.54) is 7.11 Å². The Bertz CT molecular complexity index is 1230. The van der Waals surface area contributed by atoms with Crippen LogP contribution in [0, 0.1) is 17.3 Å². The van der Waals surface area contributed by atoms with Gasteiger partial charge in [-0.1, -0.05) is 18.2 Å². The van der Waals surface area contributed by atoms with E-state index in [0.29, 0.717) is 30.9 Å². The Morgan fingerprint density at radius 2 is 1.74 bits per heavy atom. The van der Waals surface area contributed by atoms with Crippen LogP contribution in [0.2, 0.25) is 0 Å². The van der Waals surface area contributed by atoms with Crippen molar-refractivity contribution in [2.45, 2.75) is 28.5 Å². The van der Waals surface area contributed by atoms with Crippen molar-refractivity contribution in [1.29, 1.82) is 0 Å². The Hall–Kier alpha value is -3.00. The Morgan fingerprint density at radius 1 is 1.03 bits per heavy atom. The average molecular weight is 480 g/mol.